The number of amides is 1. The fraction of sp³-hybridized carbons (Fsp3) is 0.462. The van der Waals surface area contributed by atoms with Gasteiger partial charge in [0.25, 0.3) is 0 Å². The number of aromatic nitrogens is 3. The molecule has 0 fully saturated rings. The molecule has 8 nitrogen and oxygen atoms in total. The molecule has 11 heteroatoms. The number of nitrogens with one attached hydrogen (secondary N) is 2. The van der Waals surface area contributed by atoms with E-state index in [1.807, 2.05) is 0 Å². The molecule has 3 aromatic rings. The van der Waals surface area contributed by atoms with Gasteiger partial charge in [0.15, 0.2) is 5.65 Å². The fourth-order valence-corrected chi connectivity index (χ4v) is 3.70. The molecule has 37 heavy (non-hydrogen) atoms. The van der Waals surface area contributed by atoms with Crippen LogP contribution in [0.5, 0.6) is 0 Å². The summed E-state index contributed by atoms with van der Waals surface area (Å²) in [7, 11) is 0. The maximum absolute atomic E-state index is 13.4. The van der Waals surface area contributed by atoms with Crippen molar-refractivity contribution in [2.24, 2.45) is 0 Å². The van der Waals surface area contributed by atoms with Gasteiger partial charge in [-0.2, -0.15) is 0 Å². The number of pyridine rings is 1. The molecule has 1 aromatic carbocycles. The zero-order chi connectivity index (χ0) is 24.5. The first-order valence-electron chi connectivity index (χ1n) is 11.8. The molecule has 2 N–H and O–H groups in total. The highest BCUT2D eigenvalue weighted by atomic mass is 35.5. The van der Waals surface area contributed by atoms with Crippen LogP contribution in [0.25, 0.3) is 22.4 Å². The number of hydrogen-bond acceptors (Lipinski definition) is 7. The monoisotopic (exact) mass is 556 g/mol. The van der Waals surface area contributed by atoms with E-state index >= 15 is 0 Å². The van der Waals surface area contributed by atoms with Gasteiger partial charge in [0, 0.05) is 17.7 Å². The van der Waals surface area contributed by atoms with Gasteiger partial charge in [-0.05, 0) is 70.6 Å². The maximum atomic E-state index is 13.4. The number of carbonyl (C=O) groups is 1. The van der Waals surface area contributed by atoms with Crippen LogP contribution in [0.3, 0.4) is 0 Å². The number of carbonyl (C=O) groups excluding carboxylic acids is 1. The van der Waals surface area contributed by atoms with Crippen LogP contribution < -0.4 is 10.6 Å². The number of rotatable bonds is 11. The molecule has 0 aliphatic rings. The van der Waals surface area contributed by atoms with E-state index < -0.39 is 6.09 Å². The van der Waals surface area contributed by atoms with Crippen molar-refractivity contribution in [2.45, 2.75) is 54.0 Å². The summed E-state index contributed by atoms with van der Waals surface area (Å²) in [5, 5.41) is 6.16. The van der Waals surface area contributed by atoms with E-state index in [2.05, 4.69) is 46.3 Å². The van der Waals surface area contributed by atoms with Crippen molar-refractivity contribution in [1.29, 1.82) is 0 Å². The first kappa shape index (κ1) is 34.2. The van der Waals surface area contributed by atoms with E-state index in [0.717, 1.165) is 38.0 Å². The molecule has 1 atom stereocenters. The maximum Gasteiger partial charge on any atom is 0.412 e. The average molecular weight is 558 g/mol. The van der Waals surface area contributed by atoms with Gasteiger partial charge in [0.1, 0.15) is 17.2 Å². The standard InChI is InChI=1S/C25H33FN6O2.CH4.2ClH/c1-5-32(6-2)14-8-9-17(4)28-20-15-22(31-25(33)34-7-3)30-24-23(20)29-21(16-27-24)18-10-12-19(26)13-11-18;;;/h10-13,15-17H,5-9,14H2,1-4H3,(H2,27,28,30,31,33);1H4;2*1H. The Morgan fingerprint density at radius 3 is 2.41 bits per heavy atom. The number of halogens is 3. The Morgan fingerprint density at radius 1 is 1.11 bits per heavy atom. The van der Waals surface area contributed by atoms with E-state index in [9.17, 15) is 9.18 Å². The quantitative estimate of drug-likeness (QED) is 0.268. The van der Waals surface area contributed by atoms with Gasteiger partial charge in [-0.25, -0.2) is 24.1 Å². The van der Waals surface area contributed by atoms with Crippen LogP contribution in [0.4, 0.5) is 20.7 Å². The summed E-state index contributed by atoms with van der Waals surface area (Å²) in [6.07, 6.45) is 3.03. The van der Waals surface area contributed by atoms with E-state index in [1.165, 1.54) is 12.1 Å². The molecular weight excluding hydrogens is 518 g/mol. The second-order valence-electron chi connectivity index (χ2n) is 8.05. The molecule has 3 rings (SSSR count). The molecule has 206 valence electrons. The molecule has 0 bridgehead atoms. The second kappa shape index (κ2) is 16.9. The van der Waals surface area contributed by atoms with E-state index in [1.54, 1.807) is 31.3 Å². The second-order valence-corrected chi connectivity index (χ2v) is 8.05. The van der Waals surface area contributed by atoms with Crippen LogP contribution in [-0.2, 0) is 4.74 Å². The average Bonchev–Trinajstić information content (AvgIpc) is 2.82. The minimum Gasteiger partial charge on any atom is -0.450 e. The molecule has 2 aromatic heterocycles. The largest absolute Gasteiger partial charge is 0.450 e. The Bertz CT molecular complexity index is 1100. The lowest BCUT2D eigenvalue weighted by molar-refractivity contribution is 0.168. The summed E-state index contributed by atoms with van der Waals surface area (Å²) in [6.45, 7) is 11.6. The first-order chi connectivity index (χ1) is 16.4. The molecular formula is C26H39Cl2FN6O2. The molecule has 1 amide bonds. The lowest BCUT2D eigenvalue weighted by atomic mass is 10.1. The number of benzene rings is 1. The summed E-state index contributed by atoms with van der Waals surface area (Å²) in [6, 6.07) is 8.01. The minimum absolute atomic E-state index is 0. The van der Waals surface area contributed by atoms with E-state index in [-0.39, 0.29) is 50.7 Å². The zero-order valence-electron chi connectivity index (χ0n) is 21.1. The van der Waals surface area contributed by atoms with Crippen LogP contribution in [0.2, 0.25) is 0 Å². The first-order valence-corrected chi connectivity index (χ1v) is 11.8. The predicted molar refractivity (Wildman–Crippen MR) is 155 cm³/mol. The lowest BCUT2D eigenvalue weighted by Gasteiger charge is -2.21. The highest BCUT2D eigenvalue weighted by molar-refractivity contribution is 5.92. The van der Waals surface area contributed by atoms with Crippen molar-refractivity contribution in [1.82, 2.24) is 19.9 Å². The number of nitrogens with zero attached hydrogens (tertiary/aromatic N) is 4. The summed E-state index contributed by atoms with van der Waals surface area (Å²) >= 11 is 0. The van der Waals surface area contributed by atoms with Gasteiger partial charge in [0.2, 0.25) is 0 Å². The van der Waals surface area contributed by atoms with Gasteiger partial charge >= 0.3 is 6.09 Å². The number of ether oxygens (including phenoxy) is 1. The lowest BCUT2D eigenvalue weighted by Crippen LogP contribution is -2.25. The Labute approximate surface area is 231 Å². The van der Waals surface area contributed by atoms with Crippen molar-refractivity contribution in [3.63, 3.8) is 0 Å². The summed E-state index contributed by atoms with van der Waals surface area (Å²) < 4.78 is 18.3. The third-order valence-electron chi connectivity index (χ3n) is 5.57. The molecule has 2 heterocycles. The van der Waals surface area contributed by atoms with Crippen LogP contribution >= 0.6 is 24.8 Å². The Morgan fingerprint density at radius 2 is 1.78 bits per heavy atom. The van der Waals surface area contributed by atoms with Crippen molar-refractivity contribution in [3.05, 3.63) is 42.3 Å². The third-order valence-corrected chi connectivity index (χ3v) is 5.57. The van der Waals surface area contributed by atoms with Crippen molar-refractivity contribution in [2.75, 3.05) is 36.9 Å². The smallest absolute Gasteiger partial charge is 0.412 e. The Kier molecular flexibility index (Phi) is 15.6. The van der Waals surface area contributed by atoms with Crippen molar-refractivity contribution in [3.8, 4) is 11.3 Å². The normalized spacial score (nSPS) is 11.1. The van der Waals surface area contributed by atoms with Gasteiger partial charge in [-0.15, -0.1) is 24.8 Å². The minimum atomic E-state index is -0.580. The summed E-state index contributed by atoms with van der Waals surface area (Å²) in [4.78, 5) is 28.0. The predicted octanol–water partition coefficient (Wildman–Crippen LogP) is 6.80. The molecule has 0 saturated heterocycles. The number of hydrogen-bond donors (Lipinski definition) is 2. The number of fused-ring (bicyclic) bond motifs is 1. The molecule has 0 saturated carbocycles. The molecule has 0 aliphatic carbocycles. The molecule has 1 unspecified atom stereocenters. The highest BCUT2D eigenvalue weighted by Gasteiger charge is 2.15. The molecule has 0 spiro atoms. The van der Waals surface area contributed by atoms with Crippen LogP contribution in [-0.4, -0.2) is 58.2 Å². The van der Waals surface area contributed by atoms with Crippen molar-refractivity contribution >= 4 is 53.6 Å². The van der Waals surface area contributed by atoms with Gasteiger partial charge in [-0.1, -0.05) is 21.3 Å². The van der Waals surface area contributed by atoms with Crippen LogP contribution in [0.1, 0.15) is 48.0 Å². The van der Waals surface area contributed by atoms with Gasteiger partial charge < -0.3 is 15.0 Å². The topological polar surface area (TPSA) is 92.3 Å². The highest BCUT2D eigenvalue weighted by Crippen LogP contribution is 2.27. The Balaban J connectivity index is 0.00000432. The summed E-state index contributed by atoms with van der Waals surface area (Å²) in [5.74, 6) is 0.0161. The van der Waals surface area contributed by atoms with Gasteiger partial charge in [-0.3, -0.25) is 5.32 Å². The SMILES string of the molecule is C.CCOC(=O)Nc1cc(NC(C)CCCN(CC)CC)c2nc(-c3ccc(F)cc3)cnc2n1.Cl.Cl. The van der Waals surface area contributed by atoms with Crippen LogP contribution in [0.15, 0.2) is 36.5 Å². The Hall–Kier alpha value is -2.75. The third kappa shape index (κ3) is 9.91. The summed E-state index contributed by atoms with van der Waals surface area (Å²) in [5.41, 5.74) is 3.04. The zero-order valence-corrected chi connectivity index (χ0v) is 22.7. The molecule has 0 radical (unpaired) electrons. The van der Waals surface area contributed by atoms with Crippen molar-refractivity contribution < 1.29 is 13.9 Å². The van der Waals surface area contributed by atoms with E-state index in [0.29, 0.717) is 28.4 Å². The fourth-order valence-electron chi connectivity index (χ4n) is 3.70. The van der Waals surface area contributed by atoms with Crippen LogP contribution in [0, 0.1) is 5.82 Å². The van der Waals surface area contributed by atoms with Gasteiger partial charge in [0.05, 0.1) is 24.2 Å². The number of anilines is 2. The molecule has 0 aliphatic heterocycles. The van der Waals surface area contributed by atoms with E-state index in [4.69, 9.17) is 9.72 Å².